The zero-order chi connectivity index (χ0) is 12.5. The molecule has 4 nitrogen and oxygen atoms in total. The van der Waals surface area contributed by atoms with Crippen molar-refractivity contribution in [2.45, 2.75) is 51.5 Å². The van der Waals surface area contributed by atoms with Gasteiger partial charge in [-0.2, -0.15) is 17.0 Å². The number of hydrogen-bond acceptors (Lipinski definition) is 2. The van der Waals surface area contributed by atoms with E-state index in [0.717, 1.165) is 44.4 Å². The monoisotopic (exact) mass is 260 g/mol. The van der Waals surface area contributed by atoms with E-state index in [2.05, 4.69) is 6.92 Å². The fraction of sp³-hybridized carbons (Fsp3) is 1.00. The third-order valence-corrected chi connectivity index (χ3v) is 6.30. The maximum absolute atomic E-state index is 12.4. The third kappa shape index (κ3) is 2.83. The Bertz CT molecular complexity index is 342. The molecule has 0 aromatic heterocycles. The van der Waals surface area contributed by atoms with Crippen LogP contribution in [-0.4, -0.2) is 43.2 Å². The van der Waals surface area contributed by atoms with Crippen LogP contribution in [0, 0.1) is 5.92 Å². The van der Waals surface area contributed by atoms with Gasteiger partial charge in [-0.05, 0) is 44.4 Å². The Kier molecular flexibility index (Phi) is 4.10. The van der Waals surface area contributed by atoms with Crippen LogP contribution >= 0.6 is 0 Å². The van der Waals surface area contributed by atoms with Gasteiger partial charge in [-0.25, -0.2) is 0 Å². The van der Waals surface area contributed by atoms with Gasteiger partial charge >= 0.3 is 0 Å². The number of nitrogens with zero attached hydrogens (tertiary/aromatic N) is 2. The van der Waals surface area contributed by atoms with Crippen molar-refractivity contribution < 1.29 is 8.42 Å². The van der Waals surface area contributed by atoms with E-state index in [0.29, 0.717) is 13.1 Å². The summed E-state index contributed by atoms with van der Waals surface area (Å²) in [5.74, 6) is 0.758. The first-order chi connectivity index (χ1) is 8.01. The van der Waals surface area contributed by atoms with Gasteiger partial charge in [-0.1, -0.05) is 6.92 Å². The van der Waals surface area contributed by atoms with Gasteiger partial charge in [-0.15, -0.1) is 0 Å². The van der Waals surface area contributed by atoms with E-state index in [9.17, 15) is 8.42 Å². The minimum Gasteiger partial charge on any atom is -0.195 e. The standard InChI is InChI=1S/C12H24N2O2S/c1-11-5-7-12(8-6-11)13(2)17(15,16)14-9-3-4-10-14/h11-12H,3-10H2,1-2H3. The second kappa shape index (κ2) is 5.24. The van der Waals surface area contributed by atoms with E-state index >= 15 is 0 Å². The van der Waals surface area contributed by atoms with Gasteiger partial charge in [0.1, 0.15) is 0 Å². The van der Waals surface area contributed by atoms with Gasteiger partial charge < -0.3 is 0 Å². The Hall–Kier alpha value is -0.130. The molecule has 0 aromatic rings. The third-order valence-electron chi connectivity index (χ3n) is 4.25. The highest BCUT2D eigenvalue weighted by molar-refractivity contribution is 7.86. The fourth-order valence-corrected chi connectivity index (χ4v) is 4.57. The predicted molar refractivity (Wildman–Crippen MR) is 68.9 cm³/mol. The summed E-state index contributed by atoms with van der Waals surface area (Å²) in [4.78, 5) is 0. The quantitative estimate of drug-likeness (QED) is 0.777. The van der Waals surface area contributed by atoms with E-state index in [1.807, 2.05) is 0 Å². The summed E-state index contributed by atoms with van der Waals surface area (Å²) in [5, 5.41) is 0. The molecule has 0 aromatic carbocycles. The molecule has 5 heteroatoms. The van der Waals surface area contributed by atoms with E-state index < -0.39 is 10.2 Å². The average Bonchev–Trinajstić information content (AvgIpc) is 2.83. The molecular formula is C12H24N2O2S. The van der Waals surface area contributed by atoms with Crippen molar-refractivity contribution in [3.8, 4) is 0 Å². The van der Waals surface area contributed by atoms with Gasteiger partial charge in [0.05, 0.1) is 0 Å². The van der Waals surface area contributed by atoms with Crippen molar-refractivity contribution in [2.24, 2.45) is 5.92 Å². The topological polar surface area (TPSA) is 40.6 Å². The molecule has 0 amide bonds. The lowest BCUT2D eigenvalue weighted by Crippen LogP contribution is -2.46. The van der Waals surface area contributed by atoms with Crippen molar-refractivity contribution in [1.29, 1.82) is 0 Å². The van der Waals surface area contributed by atoms with Crippen molar-refractivity contribution >= 4 is 10.2 Å². The first-order valence-corrected chi connectivity index (χ1v) is 8.14. The van der Waals surface area contributed by atoms with Crippen molar-refractivity contribution in [1.82, 2.24) is 8.61 Å². The van der Waals surface area contributed by atoms with Crippen molar-refractivity contribution in [3.05, 3.63) is 0 Å². The van der Waals surface area contributed by atoms with Gasteiger partial charge in [0.15, 0.2) is 0 Å². The molecule has 0 bridgehead atoms. The van der Waals surface area contributed by atoms with Crippen LogP contribution in [0.5, 0.6) is 0 Å². The van der Waals surface area contributed by atoms with Gasteiger partial charge in [0, 0.05) is 26.2 Å². The minimum atomic E-state index is -3.19. The van der Waals surface area contributed by atoms with Crippen molar-refractivity contribution in [3.63, 3.8) is 0 Å². The smallest absolute Gasteiger partial charge is 0.195 e. The maximum atomic E-state index is 12.4. The lowest BCUT2D eigenvalue weighted by Gasteiger charge is -2.34. The van der Waals surface area contributed by atoms with Crippen LogP contribution in [0.4, 0.5) is 0 Å². The van der Waals surface area contributed by atoms with Crippen LogP contribution in [0.2, 0.25) is 0 Å². The Labute approximate surface area is 105 Å². The fourth-order valence-electron chi connectivity index (χ4n) is 2.90. The Morgan fingerprint density at radius 3 is 2.12 bits per heavy atom. The molecule has 1 saturated carbocycles. The Morgan fingerprint density at radius 2 is 1.59 bits per heavy atom. The summed E-state index contributed by atoms with van der Waals surface area (Å²) in [6, 6.07) is 0.219. The molecule has 2 fully saturated rings. The van der Waals surface area contributed by atoms with Crippen LogP contribution < -0.4 is 0 Å². The SMILES string of the molecule is CC1CCC(N(C)S(=O)(=O)N2CCCC2)CC1. The normalized spacial score (nSPS) is 32.2. The molecule has 0 radical (unpaired) electrons. The van der Waals surface area contributed by atoms with Gasteiger partial charge in [-0.3, -0.25) is 0 Å². The lowest BCUT2D eigenvalue weighted by atomic mass is 9.87. The van der Waals surface area contributed by atoms with Gasteiger partial charge in [0.25, 0.3) is 10.2 Å². The van der Waals surface area contributed by atoms with Crippen LogP contribution in [0.25, 0.3) is 0 Å². The number of rotatable bonds is 3. The molecule has 0 spiro atoms. The summed E-state index contributed by atoms with van der Waals surface area (Å²) in [6.07, 6.45) is 6.37. The molecule has 1 aliphatic carbocycles. The second-order valence-corrected chi connectivity index (χ2v) is 7.53. The van der Waals surface area contributed by atoms with E-state index in [1.165, 1.54) is 0 Å². The highest BCUT2D eigenvalue weighted by Crippen LogP contribution is 2.29. The van der Waals surface area contributed by atoms with E-state index in [1.54, 1.807) is 15.7 Å². The lowest BCUT2D eigenvalue weighted by molar-refractivity contribution is 0.235. The molecule has 0 unspecified atom stereocenters. The minimum absolute atomic E-state index is 0.219. The van der Waals surface area contributed by atoms with Crippen LogP contribution in [0.15, 0.2) is 0 Å². The van der Waals surface area contributed by atoms with Crippen LogP contribution in [-0.2, 0) is 10.2 Å². The molecule has 1 saturated heterocycles. The maximum Gasteiger partial charge on any atom is 0.281 e. The molecule has 0 N–H and O–H groups in total. The number of hydrogen-bond donors (Lipinski definition) is 0. The zero-order valence-electron chi connectivity index (χ0n) is 10.9. The first-order valence-electron chi connectivity index (χ1n) is 6.75. The predicted octanol–water partition coefficient (Wildman–Crippen LogP) is 1.84. The molecule has 2 rings (SSSR count). The molecule has 0 atom stereocenters. The molecule has 1 heterocycles. The summed E-state index contributed by atoms with van der Waals surface area (Å²) >= 11 is 0. The highest BCUT2D eigenvalue weighted by atomic mass is 32.2. The molecule has 17 heavy (non-hydrogen) atoms. The van der Waals surface area contributed by atoms with E-state index in [-0.39, 0.29) is 6.04 Å². The van der Waals surface area contributed by atoms with Gasteiger partial charge in [0.2, 0.25) is 0 Å². The van der Waals surface area contributed by atoms with E-state index in [4.69, 9.17) is 0 Å². The summed E-state index contributed by atoms with van der Waals surface area (Å²) < 4.78 is 28.0. The Balaban J connectivity index is 2.00. The van der Waals surface area contributed by atoms with Crippen LogP contribution in [0.3, 0.4) is 0 Å². The summed E-state index contributed by atoms with van der Waals surface area (Å²) in [5.41, 5.74) is 0. The highest BCUT2D eigenvalue weighted by Gasteiger charge is 2.34. The second-order valence-electron chi connectivity index (χ2n) is 5.54. The summed E-state index contributed by atoms with van der Waals surface area (Å²) in [7, 11) is -1.43. The van der Waals surface area contributed by atoms with Crippen molar-refractivity contribution in [2.75, 3.05) is 20.1 Å². The molecule has 1 aliphatic heterocycles. The zero-order valence-corrected chi connectivity index (χ0v) is 11.7. The molecule has 100 valence electrons. The Morgan fingerprint density at radius 1 is 1.06 bits per heavy atom. The molecular weight excluding hydrogens is 236 g/mol. The average molecular weight is 260 g/mol. The molecule has 2 aliphatic rings. The largest absolute Gasteiger partial charge is 0.281 e. The van der Waals surface area contributed by atoms with Crippen LogP contribution in [0.1, 0.15) is 45.4 Å². The summed E-state index contributed by atoms with van der Waals surface area (Å²) in [6.45, 7) is 3.66. The first kappa shape index (κ1) is 13.3.